The Hall–Kier alpha value is -0.0800. The molecule has 0 aliphatic carbocycles. The van der Waals surface area contributed by atoms with Crippen molar-refractivity contribution in [1.82, 2.24) is 4.90 Å². The number of nitrogens with two attached hydrogens (primary N) is 1. The Labute approximate surface area is 121 Å². The molecule has 1 saturated heterocycles. The molecule has 0 aromatic carbocycles. The fourth-order valence-corrected chi connectivity index (χ4v) is 3.54. The highest BCUT2D eigenvalue weighted by atomic mass is 15.2. The summed E-state index contributed by atoms with van der Waals surface area (Å²) < 4.78 is 0. The van der Waals surface area contributed by atoms with E-state index in [1.54, 1.807) is 0 Å². The van der Waals surface area contributed by atoms with Crippen molar-refractivity contribution in [3.05, 3.63) is 0 Å². The van der Waals surface area contributed by atoms with Gasteiger partial charge in [0.15, 0.2) is 0 Å². The molecule has 19 heavy (non-hydrogen) atoms. The Morgan fingerprint density at radius 2 is 1.89 bits per heavy atom. The third-order valence-corrected chi connectivity index (χ3v) is 5.55. The predicted octanol–water partition coefficient (Wildman–Crippen LogP) is 3.90. The first kappa shape index (κ1) is 17.0. The van der Waals surface area contributed by atoms with Gasteiger partial charge in [0.25, 0.3) is 0 Å². The maximum Gasteiger partial charge on any atom is 0.0331 e. The van der Waals surface area contributed by atoms with Crippen LogP contribution < -0.4 is 5.73 Å². The van der Waals surface area contributed by atoms with Gasteiger partial charge in [-0.2, -0.15) is 0 Å². The fourth-order valence-electron chi connectivity index (χ4n) is 3.54. The predicted molar refractivity (Wildman–Crippen MR) is 85.3 cm³/mol. The fraction of sp³-hybridized carbons (Fsp3) is 1.00. The van der Waals surface area contributed by atoms with E-state index in [4.69, 9.17) is 5.73 Å². The number of hydrogen-bond acceptors (Lipinski definition) is 2. The molecule has 114 valence electrons. The minimum absolute atomic E-state index is 0.245. The van der Waals surface area contributed by atoms with Crippen LogP contribution in [0.1, 0.15) is 67.2 Å². The molecule has 2 nitrogen and oxygen atoms in total. The Morgan fingerprint density at radius 1 is 1.26 bits per heavy atom. The van der Waals surface area contributed by atoms with Crippen LogP contribution in [0, 0.1) is 17.3 Å². The SMILES string of the molecule is CCC(C)CC(CC)(CN)N1CCC(C(C)(C)C)C1. The Bertz CT molecular complexity index is 263. The van der Waals surface area contributed by atoms with Crippen LogP contribution in [0.15, 0.2) is 0 Å². The molecule has 1 aliphatic heterocycles. The van der Waals surface area contributed by atoms with Crippen molar-refractivity contribution in [3.8, 4) is 0 Å². The van der Waals surface area contributed by atoms with E-state index in [0.717, 1.165) is 18.4 Å². The first-order chi connectivity index (χ1) is 8.79. The van der Waals surface area contributed by atoms with Gasteiger partial charge >= 0.3 is 0 Å². The summed E-state index contributed by atoms with van der Waals surface area (Å²) in [6, 6.07) is 0. The zero-order valence-corrected chi connectivity index (χ0v) is 14.1. The number of nitrogens with zero attached hydrogens (tertiary/aromatic N) is 1. The van der Waals surface area contributed by atoms with Crippen LogP contribution in [0.2, 0.25) is 0 Å². The minimum atomic E-state index is 0.245. The Balaban J connectivity index is 2.78. The zero-order chi connectivity index (χ0) is 14.7. The minimum Gasteiger partial charge on any atom is -0.329 e. The zero-order valence-electron chi connectivity index (χ0n) is 14.1. The highest BCUT2D eigenvalue weighted by molar-refractivity contribution is 4.97. The van der Waals surface area contributed by atoms with Gasteiger partial charge in [-0.15, -0.1) is 0 Å². The molecular weight excluding hydrogens is 232 g/mol. The average molecular weight is 268 g/mol. The van der Waals surface area contributed by atoms with Gasteiger partial charge in [-0.25, -0.2) is 0 Å². The van der Waals surface area contributed by atoms with Gasteiger partial charge in [0.2, 0.25) is 0 Å². The topological polar surface area (TPSA) is 29.3 Å². The van der Waals surface area contributed by atoms with Crippen LogP contribution in [-0.4, -0.2) is 30.1 Å². The summed E-state index contributed by atoms with van der Waals surface area (Å²) in [5, 5.41) is 0. The summed E-state index contributed by atoms with van der Waals surface area (Å²) in [6.45, 7) is 17.4. The molecule has 1 rings (SSSR count). The number of likely N-dealkylation sites (tertiary alicyclic amines) is 1. The van der Waals surface area contributed by atoms with Crippen molar-refractivity contribution in [2.24, 2.45) is 23.0 Å². The van der Waals surface area contributed by atoms with Crippen molar-refractivity contribution in [2.45, 2.75) is 72.8 Å². The van der Waals surface area contributed by atoms with E-state index >= 15 is 0 Å². The molecule has 0 saturated carbocycles. The number of rotatable bonds is 6. The molecule has 0 bridgehead atoms. The molecule has 1 aliphatic rings. The standard InChI is InChI=1S/C17H36N2/c1-7-14(3)11-17(8-2,13-18)19-10-9-15(12-19)16(4,5)6/h14-15H,7-13,18H2,1-6H3. The summed E-state index contributed by atoms with van der Waals surface area (Å²) >= 11 is 0. The van der Waals surface area contributed by atoms with Crippen molar-refractivity contribution in [3.63, 3.8) is 0 Å². The Kier molecular flexibility index (Phi) is 5.88. The highest BCUT2D eigenvalue weighted by Gasteiger charge is 2.41. The van der Waals surface area contributed by atoms with E-state index in [-0.39, 0.29) is 5.54 Å². The molecule has 0 aromatic rings. The van der Waals surface area contributed by atoms with E-state index in [1.807, 2.05) is 0 Å². The summed E-state index contributed by atoms with van der Waals surface area (Å²) in [6.07, 6.45) is 5.04. The van der Waals surface area contributed by atoms with Crippen molar-refractivity contribution >= 4 is 0 Å². The lowest BCUT2D eigenvalue weighted by Crippen LogP contribution is -2.53. The lowest BCUT2D eigenvalue weighted by atomic mass is 9.79. The molecule has 2 heteroatoms. The summed E-state index contributed by atoms with van der Waals surface area (Å²) in [7, 11) is 0. The quantitative estimate of drug-likeness (QED) is 0.791. The second-order valence-electron chi connectivity index (χ2n) is 7.80. The summed E-state index contributed by atoms with van der Waals surface area (Å²) in [5.74, 6) is 1.60. The van der Waals surface area contributed by atoms with Crippen LogP contribution in [0.3, 0.4) is 0 Å². The summed E-state index contributed by atoms with van der Waals surface area (Å²) in [5.41, 5.74) is 6.89. The van der Waals surface area contributed by atoms with E-state index in [1.165, 1.54) is 38.8 Å². The average Bonchev–Trinajstić information content (AvgIpc) is 2.85. The van der Waals surface area contributed by atoms with Gasteiger partial charge in [0, 0.05) is 18.6 Å². The smallest absolute Gasteiger partial charge is 0.0331 e. The molecule has 1 fully saturated rings. The third-order valence-electron chi connectivity index (χ3n) is 5.55. The van der Waals surface area contributed by atoms with Gasteiger partial charge in [0.1, 0.15) is 0 Å². The second kappa shape index (κ2) is 6.58. The summed E-state index contributed by atoms with van der Waals surface area (Å²) in [4.78, 5) is 2.72. The molecule has 3 unspecified atom stereocenters. The second-order valence-corrected chi connectivity index (χ2v) is 7.80. The highest BCUT2D eigenvalue weighted by Crippen LogP contribution is 2.39. The van der Waals surface area contributed by atoms with Crippen molar-refractivity contribution < 1.29 is 0 Å². The van der Waals surface area contributed by atoms with Gasteiger partial charge in [-0.05, 0) is 43.1 Å². The van der Waals surface area contributed by atoms with Crippen LogP contribution in [0.25, 0.3) is 0 Å². The molecule has 0 amide bonds. The lowest BCUT2D eigenvalue weighted by molar-refractivity contribution is 0.0786. The Morgan fingerprint density at radius 3 is 2.26 bits per heavy atom. The maximum absolute atomic E-state index is 6.21. The first-order valence-corrected chi connectivity index (χ1v) is 8.24. The van der Waals surface area contributed by atoms with Crippen LogP contribution in [-0.2, 0) is 0 Å². The third kappa shape index (κ3) is 3.95. The van der Waals surface area contributed by atoms with Crippen LogP contribution in [0.4, 0.5) is 0 Å². The molecule has 2 N–H and O–H groups in total. The van der Waals surface area contributed by atoms with Gasteiger partial charge < -0.3 is 5.73 Å². The molecule has 0 spiro atoms. The van der Waals surface area contributed by atoms with E-state index in [2.05, 4.69) is 46.4 Å². The monoisotopic (exact) mass is 268 g/mol. The molecule has 1 heterocycles. The molecule has 3 atom stereocenters. The van der Waals surface area contributed by atoms with Gasteiger partial charge in [0.05, 0.1) is 0 Å². The normalized spacial score (nSPS) is 26.4. The van der Waals surface area contributed by atoms with E-state index in [0.29, 0.717) is 5.41 Å². The number of hydrogen-bond donors (Lipinski definition) is 1. The molecule has 0 aromatic heterocycles. The largest absolute Gasteiger partial charge is 0.329 e. The lowest BCUT2D eigenvalue weighted by Gasteiger charge is -2.43. The van der Waals surface area contributed by atoms with Crippen LogP contribution >= 0.6 is 0 Å². The molecule has 0 radical (unpaired) electrons. The first-order valence-electron chi connectivity index (χ1n) is 8.24. The maximum atomic E-state index is 6.21. The van der Waals surface area contributed by atoms with Crippen molar-refractivity contribution in [2.75, 3.05) is 19.6 Å². The van der Waals surface area contributed by atoms with Crippen molar-refractivity contribution in [1.29, 1.82) is 0 Å². The van der Waals surface area contributed by atoms with Gasteiger partial charge in [-0.3, -0.25) is 4.90 Å². The van der Waals surface area contributed by atoms with Gasteiger partial charge in [-0.1, -0.05) is 48.0 Å². The van der Waals surface area contributed by atoms with Crippen LogP contribution in [0.5, 0.6) is 0 Å². The van der Waals surface area contributed by atoms with E-state index < -0.39 is 0 Å². The molecular formula is C17H36N2. The van der Waals surface area contributed by atoms with E-state index in [9.17, 15) is 0 Å².